The number of ether oxygens (including phenoxy) is 1. The molecule has 0 aliphatic heterocycles. The minimum Gasteiger partial charge on any atom is -0.466 e. The Morgan fingerprint density at radius 1 is 1.50 bits per heavy atom. The zero-order valence-electron chi connectivity index (χ0n) is 11.8. The predicted octanol–water partition coefficient (Wildman–Crippen LogP) is 1.41. The van der Waals surface area contributed by atoms with Crippen molar-refractivity contribution in [2.45, 2.75) is 19.9 Å². The Bertz CT molecular complexity index is 594. The maximum atomic E-state index is 11.4. The molecule has 1 heterocycles. The third kappa shape index (κ3) is 3.27. The van der Waals surface area contributed by atoms with Crippen LogP contribution in [-0.4, -0.2) is 36.1 Å². The number of hydrogen-bond donors (Lipinski definition) is 2. The lowest BCUT2D eigenvalue weighted by Gasteiger charge is -2.18. The fraction of sp³-hybridized carbons (Fsp3) is 0.429. The van der Waals surface area contributed by atoms with Crippen LogP contribution in [0, 0.1) is 0 Å². The smallest absolute Gasteiger partial charge is 0.307 e. The van der Waals surface area contributed by atoms with E-state index in [0.717, 1.165) is 22.5 Å². The largest absolute Gasteiger partial charge is 0.466 e. The van der Waals surface area contributed by atoms with Crippen LogP contribution < -0.4 is 10.6 Å². The van der Waals surface area contributed by atoms with Gasteiger partial charge >= 0.3 is 5.97 Å². The normalized spacial score (nSPS) is 10.8. The van der Waals surface area contributed by atoms with Gasteiger partial charge in [0.25, 0.3) is 0 Å². The van der Waals surface area contributed by atoms with Crippen LogP contribution >= 0.6 is 0 Å². The maximum absolute atomic E-state index is 11.4. The molecule has 3 N–H and O–H groups in total. The lowest BCUT2D eigenvalue weighted by atomic mass is 10.2. The average molecular weight is 276 g/mol. The molecule has 1 aromatic heterocycles. The Labute approximate surface area is 117 Å². The number of benzene rings is 1. The minimum absolute atomic E-state index is 0.174. The highest BCUT2D eigenvalue weighted by atomic mass is 16.5. The first-order valence-electron chi connectivity index (χ1n) is 6.69. The maximum Gasteiger partial charge on any atom is 0.307 e. The number of carbonyl (C=O) groups is 1. The first-order valence-corrected chi connectivity index (χ1v) is 6.69. The number of aromatic amines is 1. The molecule has 0 bridgehead atoms. The molecule has 2 rings (SSSR count). The van der Waals surface area contributed by atoms with Gasteiger partial charge in [0.05, 0.1) is 30.6 Å². The van der Waals surface area contributed by atoms with E-state index >= 15 is 0 Å². The molecular formula is C14H20N4O2. The number of H-pyrrole nitrogens is 1. The van der Waals surface area contributed by atoms with E-state index in [1.807, 2.05) is 37.1 Å². The summed E-state index contributed by atoms with van der Waals surface area (Å²) in [7, 11) is 1.95. The summed E-state index contributed by atoms with van der Waals surface area (Å²) in [4.78, 5) is 20.9. The Morgan fingerprint density at radius 2 is 2.30 bits per heavy atom. The van der Waals surface area contributed by atoms with Crippen molar-refractivity contribution in [2.24, 2.45) is 5.73 Å². The van der Waals surface area contributed by atoms with E-state index in [2.05, 4.69) is 9.97 Å². The number of esters is 1. The van der Waals surface area contributed by atoms with Gasteiger partial charge < -0.3 is 20.4 Å². The van der Waals surface area contributed by atoms with E-state index in [-0.39, 0.29) is 5.97 Å². The second kappa shape index (κ2) is 6.38. The fourth-order valence-electron chi connectivity index (χ4n) is 2.01. The van der Waals surface area contributed by atoms with Gasteiger partial charge in [0.1, 0.15) is 5.82 Å². The van der Waals surface area contributed by atoms with Crippen molar-refractivity contribution in [1.82, 2.24) is 9.97 Å². The Kier molecular flexibility index (Phi) is 4.57. The van der Waals surface area contributed by atoms with Gasteiger partial charge in [-0.15, -0.1) is 0 Å². The summed E-state index contributed by atoms with van der Waals surface area (Å²) < 4.78 is 4.92. The molecular weight excluding hydrogens is 256 g/mol. The van der Waals surface area contributed by atoms with Crippen molar-refractivity contribution in [3.8, 4) is 0 Å². The first kappa shape index (κ1) is 14.3. The van der Waals surface area contributed by atoms with Gasteiger partial charge in [-0.25, -0.2) is 4.98 Å². The quantitative estimate of drug-likeness (QED) is 0.779. The van der Waals surface area contributed by atoms with E-state index in [9.17, 15) is 4.79 Å². The van der Waals surface area contributed by atoms with Crippen LogP contribution in [0.5, 0.6) is 0 Å². The van der Waals surface area contributed by atoms with Crippen LogP contribution in [0.1, 0.15) is 19.2 Å². The van der Waals surface area contributed by atoms with Gasteiger partial charge in [0.15, 0.2) is 0 Å². The van der Waals surface area contributed by atoms with Crippen LogP contribution in [0.2, 0.25) is 0 Å². The lowest BCUT2D eigenvalue weighted by molar-refractivity contribution is -0.142. The number of fused-ring (bicyclic) bond motifs is 1. The molecule has 2 aromatic rings. The van der Waals surface area contributed by atoms with E-state index in [1.54, 1.807) is 0 Å². The SMILES string of the molecule is CCOC(=O)CCN(C)c1ccc2nc(CN)[nH]c2c1. The Morgan fingerprint density at radius 3 is 3.00 bits per heavy atom. The highest BCUT2D eigenvalue weighted by Gasteiger charge is 2.08. The zero-order valence-corrected chi connectivity index (χ0v) is 11.8. The van der Waals surface area contributed by atoms with Crippen molar-refractivity contribution in [3.63, 3.8) is 0 Å². The first-order chi connectivity index (χ1) is 9.63. The summed E-state index contributed by atoms with van der Waals surface area (Å²) >= 11 is 0. The van der Waals surface area contributed by atoms with Gasteiger partial charge in [-0.05, 0) is 25.1 Å². The molecule has 0 aliphatic rings. The second-order valence-electron chi connectivity index (χ2n) is 4.57. The van der Waals surface area contributed by atoms with E-state index in [4.69, 9.17) is 10.5 Å². The number of nitrogens with zero attached hydrogens (tertiary/aromatic N) is 2. The van der Waals surface area contributed by atoms with Gasteiger partial charge in [0.2, 0.25) is 0 Å². The van der Waals surface area contributed by atoms with Crippen molar-refractivity contribution in [1.29, 1.82) is 0 Å². The number of hydrogen-bond acceptors (Lipinski definition) is 5. The van der Waals surface area contributed by atoms with Crippen molar-refractivity contribution < 1.29 is 9.53 Å². The highest BCUT2D eigenvalue weighted by Crippen LogP contribution is 2.20. The molecule has 20 heavy (non-hydrogen) atoms. The third-order valence-corrected chi connectivity index (χ3v) is 3.11. The zero-order chi connectivity index (χ0) is 14.5. The Hall–Kier alpha value is -2.08. The van der Waals surface area contributed by atoms with Crippen molar-refractivity contribution >= 4 is 22.7 Å². The molecule has 0 amide bonds. The summed E-state index contributed by atoms with van der Waals surface area (Å²) in [5.41, 5.74) is 8.43. The van der Waals surface area contributed by atoms with Gasteiger partial charge in [-0.2, -0.15) is 0 Å². The van der Waals surface area contributed by atoms with Crippen LogP contribution in [0.3, 0.4) is 0 Å². The molecule has 0 spiro atoms. The molecule has 0 saturated carbocycles. The summed E-state index contributed by atoms with van der Waals surface area (Å²) in [6, 6.07) is 5.93. The summed E-state index contributed by atoms with van der Waals surface area (Å²) in [5.74, 6) is 0.596. The van der Waals surface area contributed by atoms with Gasteiger partial charge in [-0.1, -0.05) is 0 Å². The number of anilines is 1. The van der Waals surface area contributed by atoms with Crippen LogP contribution in [0.4, 0.5) is 5.69 Å². The minimum atomic E-state index is -0.174. The third-order valence-electron chi connectivity index (χ3n) is 3.11. The average Bonchev–Trinajstić information content (AvgIpc) is 2.87. The topological polar surface area (TPSA) is 84.2 Å². The Balaban J connectivity index is 2.05. The molecule has 0 radical (unpaired) electrons. The highest BCUT2D eigenvalue weighted by molar-refractivity contribution is 5.79. The molecule has 0 aliphatic carbocycles. The van der Waals surface area contributed by atoms with Crippen LogP contribution in [-0.2, 0) is 16.1 Å². The molecule has 6 nitrogen and oxygen atoms in total. The molecule has 108 valence electrons. The number of nitrogens with one attached hydrogen (secondary N) is 1. The van der Waals surface area contributed by atoms with Crippen molar-refractivity contribution in [3.05, 3.63) is 24.0 Å². The summed E-state index contributed by atoms with van der Waals surface area (Å²) in [5, 5.41) is 0. The number of nitrogens with two attached hydrogens (primary N) is 1. The number of aromatic nitrogens is 2. The summed E-state index contributed by atoms with van der Waals surface area (Å²) in [6.07, 6.45) is 0.374. The second-order valence-corrected chi connectivity index (χ2v) is 4.57. The molecule has 0 unspecified atom stereocenters. The monoisotopic (exact) mass is 276 g/mol. The number of rotatable bonds is 6. The predicted molar refractivity (Wildman–Crippen MR) is 78.5 cm³/mol. The molecule has 6 heteroatoms. The molecule has 0 fully saturated rings. The molecule has 1 aromatic carbocycles. The molecule has 0 saturated heterocycles. The van der Waals surface area contributed by atoms with E-state index in [0.29, 0.717) is 26.1 Å². The van der Waals surface area contributed by atoms with Gasteiger partial charge in [0, 0.05) is 19.3 Å². The van der Waals surface area contributed by atoms with Crippen LogP contribution in [0.15, 0.2) is 18.2 Å². The standard InChI is InChI=1S/C14H20N4O2/c1-3-20-14(19)6-7-18(2)10-4-5-11-12(8-10)17-13(9-15)16-11/h4-5,8H,3,6-7,9,15H2,1-2H3,(H,16,17). The number of imidazole rings is 1. The molecule has 0 atom stereocenters. The summed E-state index contributed by atoms with van der Waals surface area (Å²) in [6.45, 7) is 3.23. The van der Waals surface area contributed by atoms with Crippen LogP contribution in [0.25, 0.3) is 11.0 Å². The van der Waals surface area contributed by atoms with E-state index in [1.165, 1.54) is 0 Å². The van der Waals surface area contributed by atoms with Gasteiger partial charge in [-0.3, -0.25) is 4.79 Å². The number of carbonyl (C=O) groups excluding carboxylic acids is 1. The van der Waals surface area contributed by atoms with Crippen molar-refractivity contribution in [2.75, 3.05) is 25.1 Å². The fourth-order valence-corrected chi connectivity index (χ4v) is 2.01. The lowest BCUT2D eigenvalue weighted by Crippen LogP contribution is -2.21. The van der Waals surface area contributed by atoms with E-state index < -0.39 is 0 Å².